The van der Waals surface area contributed by atoms with Gasteiger partial charge in [-0.05, 0) is 30.5 Å². The zero-order chi connectivity index (χ0) is 15.8. The number of aliphatic carboxylic acids is 1. The fourth-order valence-electron chi connectivity index (χ4n) is 1.93. The van der Waals surface area contributed by atoms with Gasteiger partial charge in [-0.25, -0.2) is 0 Å². The number of benzene rings is 1. The Balaban J connectivity index is 2.82. The first-order chi connectivity index (χ1) is 9.93. The molecule has 3 N–H and O–H groups in total. The number of amides is 2. The maximum absolute atomic E-state index is 12.2. The first kappa shape index (κ1) is 16.7. The number of unbranched alkanes of at least 4 members (excludes halogenated alkanes) is 1. The van der Waals surface area contributed by atoms with Gasteiger partial charge in [0.15, 0.2) is 0 Å². The summed E-state index contributed by atoms with van der Waals surface area (Å²) in [6.45, 7) is 1.13. The van der Waals surface area contributed by atoms with Crippen LogP contribution in [0.25, 0.3) is 0 Å². The van der Waals surface area contributed by atoms with Crippen molar-refractivity contribution in [2.24, 2.45) is 5.73 Å². The largest absolute Gasteiger partial charge is 0.480 e. The quantitative estimate of drug-likeness (QED) is 0.747. The van der Waals surface area contributed by atoms with E-state index in [0.29, 0.717) is 5.56 Å². The molecule has 0 bridgehead atoms. The number of hydrogen-bond acceptors (Lipinski definition) is 3. The van der Waals surface area contributed by atoms with E-state index in [1.807, 2.05) is 12.1 Å². The van der Waals surface area contributed by atoms with Gasteiger partial charge in [0, 0.05) is 5.56 Å². The summed E-state index contributed by atoms with van der Waals surface area (Å²) >= 11 is 0. The number of carboxylic acid groups (broad SMARTS) is 1. The van der Waals surface area contributed by atoms with Crippen LogP contribution >= 0.6 is 0 Å². The van der Waals surface area contributed by atoms with Gasteiger partial charge in [0.1, 0.15) is 13.1 Å². The number of aryl methyl sites for hydroxylation is 1. The second-order valence-corrected chi connectivity index (χ2v) is 4.82. The van der Waals surface area contributed by atoms with E-state index in [1.54, 1.807) is 12.1 Å². The van der Waals surface area contributed by atoms with E-state index in [1.165, 1.54) is 0 Å². The van der Waals surface area contributed by atoms with Crippen molar-refractivity contribution >= 4 is 17.8 Å². The topological polar surface area (TPSA) is 101 Å². The van der Waals surface area contributed by atoms with Crippen LogP contribution in [-0.2, 0) is 16.0 Å². The third-order valence-corrected chi connectivity index (χ3v) is 2.98. The molecule has 6 nitrogen and oxygen atoms in total. The SMILES string of the molecule is CCCCc1ccc(C(=O)N(CC(N)=O)CC(=O)O)cc1. The van der Waals surface area contributed by atoms with Crippen molar-refractivity contribution < 1.29 is 19.5 Å². The van der Waals surface area contributed by atoms with Crippen molar-refractivity contribution in [3.05, 3.63) is 35.4 Å². The van der Waals surface area contributed by atoms with Crippen LogP contribution in [0.5, 0.6) is 0 Å². The Morgan fingerprint density at radius 1 is 1.14 bits per heavy atom. The van der Waals surface area contributed by atoms with Crippen LogP contribution in [0.2, 0.25) is 0 Å². The molecule has 1 rings (SSSR count). The van der Waals surface area contributed by atoms with Gasteiger partial charge in [-0.3, -0.25) is 14.4 Å². The standard InChI is InChI=1S/C15H20N2O4/c1-2-3-4-11-5-7-12(8-6-11)15(21)17(9-13(16)18)10-14(19)20/h5-8H,2-4,9-10H2,1H3,(H2,16,18)(H,19,20). The summed E-state index contributed by atoms with van der Waals surface area (Å²) in [6, 6.07) is 6.96. The van der Waals surface area contributed by atoms with E-state index >= 15 is 0 Å². The molecule has 0 spiro atoms. The molecule has 0 fully saturated rings. The van der Waals surface area contributed by atoms with Gasteiger partial charge >= 0.3 is 5.97 Å². The molecule has 2 amide bonds. The number of nitrogens with two attached hydrogens (primary N) is 1. The first-order valence-electron chi connectivity index (χ1n) is 6.82. The summed E-state index contributed by atoms with van der Waals surface area (Å²) < 4.78 is 0. The zero-order valence-electron chi connectivity index (χ0n) is 12.0. The van der Waals surface area contributed by atoms with Crippen molar-refractivity contribution in [3.8, 4) is 0 Å². The molecule has 0 aliphatic rings. The van der Waals surface area contributed by atoms with Gasteiger partial charge in [-0.15, -0.1) is 0 Å². The van der Waals surface area contributed by atoms with Crippen molar-refractivity contribution in [1.29, 1.82) is 0 Å². The van der Waals surface area contributed by atoms with Crippen LogP contribution in [0.15, 0.2) is 24.3 Å². The van der Waals surface area contributed by atoms with E-state index in [0.717, 1.165) is 29.7 Å². The maximum Gasteiger partial charge on any atom is 0.323 e. The molecule has 0 atom stereocenters. The molecule has 0 heterocycles. The van der Waals surface area contributed by atoms with E-state index < -0.39 is 30.9 Å². The van der Waals surface area contributed by atoms with Gasteiger partial charge in [0.05, 0.1) is 0 Å². The normalized spacial score (nSPS) is 10.1. The fraction of sp³-hybridized carbons (Fsp3) is 0.400. The van der Waals surface area contributed by atoms with Crippen molar-refractivity contribution in [2.75, 3.05) is 13.1 Å². The summed E-state index contributed by atoms with van der Waals surface area (Å²) in [7, 11) is 0. The predicted octanol–water partition coefficient (Wildman–Crippen LogP) is 1.04. The molecule has 1 aromatic carbocycles. The molecule has 0 radical (unpaired) electrons. The highest BCUT2D eigenvalue weighted by atomic mass is 16.4. The van der Waals surface area contributed by atoms with Crippen LogP contribution in [0.4, 0.5) is 0 Å². The second-order valence-electron chi connectivity index (χ2n) is 4.82. The smallest absolute Gasteiger partial charge is 0.323 e. The summed E-state index contributed by atoms with van der Waals surface area (Å²) in [6.07, 6.45) is 3.09. The molecular formula is C15H20N2O4. The summed E-state index contributed by atoms with van der Waals surface area (Å²) in [5.74, 6) is -2.45. The molecule has 114 valence electrons. The first-order valence-corrected chi connectivity index (χ1v) is 6.82. The number of hydrogen-bond donors (Lipinski definition) is 2. The van der Waals surface area contributed by atoms with Crippen LogP contribution in [0.1, 0.15) is 35.7 Å². The maximum atomic E-state index is 12.2. The minimum absolute atomic E-state index is 0.345. The van der Waals surface area contributed by atoms with Crippen LogP contribution in [0, 0.1) is 0 Å². The van der Waals surface area contributed by atoms with Crippen molar-refractivity contribution in [1.82, 2.24) is 4.90 Å². The van der Waals surface area contributed by atoms with Gasteiger partial charge in [-0.1, -0.05) is 25.5 Å². The number of carboxylic acids is 1. The number of nitrogens with zero attached hydrogens (tertiary/aromatic N) is 1. The number of primary amides is 1. The van der Waals surface area contributed by atoms with E-state index in [4.69, 9.17) is 10.8 Å². The number of carbonyl (C=O) groups excluding carboxylic acids is 2. The zero-order valence-corrected chi connectivity index (χ0v) is 12.0. The Labute approximate surface area is 123 Å². The minimum Gasteiger partial charge on any atom is -0.480 e. The fourth-order valence-corrected chi connectivity index (χ4v) is 1.93. The molecule has 21 heavy (non-hydrogen) atoms. The highest BCUT2D eigenvalue weighted by molar-refractivity contribution is 5.97. The molecule has 1 aromatic rings. The van der Waals surface area contributed by atoms with Crippen LogP contribution < -0.4 is 5.73 Å². The van der Waals surface area contributed by atoms with Crippen molar-refractivity contribution in [2.45, 2.75) is 26.2 Å². The summed E-state index contributed by atoms with van der Waals surface area (Å²) in [5, 5.41) is 8.79. The summed E-state index contributed by atoms with van der Waals surface area (Å²) in [4.78, 5) is 34.8. The van der Waals surface area contributed by atoms with Crippen LogP contribution in [0.3, 0.4) is 0 Å². The van der Waals surface area contributed by atoms with Gasteiger partial charge in [0.25, 0.3) is 5.91 Å². The average Bonchev–Trinajstić information content (AvgIpc) is 2.43. The van der Waals surface area contributed by atoms with Crippen molar-refractivity contribution in [3.63, 3.8) is 0 Å². The molecule has 0 unspecified atom stereocenters. The lowest BCUT2D eigenvalue weighted by molar-refractivity contribution is -0.138. The lowest BCUT2D eigenvalue weighted by Crippen LogP contribution is -2.41. The molecule has 0 aromatic heterocycles. The predicted molar refractivity (Wildman–Crippen MR) is 77.8 cm³/mol. The van der Waals surface area contributed by atoms with Gasteiger partial charge in [0.2, 0.25) is 5.91 Å². The third kappa shape index (κ3) is 5.64. The Hall–Kier alpha value is -2.37. The molecule has 0 saturated carbocycles. The Kier molecular flexibility index (Phi) is 6.39. The lowest BCUT2D eigenvalue weighted by Gasteiger charge is -2.19. The number of rotatable bonds is 8. The van der Waals surface area contributed by atoms with Gasteiger partial charge in [-0.2, -0.15) is 0 Å². The Bertz CT molecular complexity index is 495. The van der Waals surface area contributed by atoms with E-state index in [9.17, 15) is 14.4 Å². The number of carbonyl (C=O) groups is 3. The summed E-state index contributed by atoms with van der Waals surface area (Å²) in [5.41, 5.74) is 6.50. The average molecular weight is 292 g/mol. The second kappa shape index (κ2) is 8.04. The third-order valence-electron chi connectivity index (χ3n) is 2.98. The highest BCUT2D eigenvalue weighted by Crippen LogP contribution is 2.10. The van der Waals surface area contributed by atoms with Crippen LogP contribution in [-0.4, -0.2) is 40.9 Å². The molecule has 0 aliphatic heterocycles. The molecule has 0 aliphatic carbocycles. The molecule has 6 heteroatoms. The molecule has 0 saturated heterocycles. The monoisotopic (exact) mass is 292 g/mol. The molecular weight excluding hydrogens is 272 g/mol. The Morgan fingerprint density at radius 2 is 1.76 bits per heavy atom. The Morgan fingerprint density at radius 3 is 2.24 bits per heavy atom. The minimum atomic E-state index is -1.19. The van der Waals surface area contributed by atoms with E-state index in [2.05, 4.69) is 6.92 Å². The van der Waals surface area contributed by atoms with Gasteiger partial charge < -0.3 is 15.7 Å². The lowest BCUT2D eigenvalue weighted by atomic mass is 10.1. The van der Waals surface area contributed by atoms with E-state index in [-0.39, 0.29) is 0 Å². The highest BCUT2D eigenvalue weighted by Gasteiger charge is 2.20.